The van der Waals surface area contributed by atoms with Gasteiger partial charge in [0.25, 0.3) is 0 Å². The minimum Gasteiger partial charge on any atom is -0.426 e. The molecule has 2 atom stereocenters. The molecule has 0 unspecified atom stereocenters. The Kier molecular flexibility index (Phi) is 5.87. The minimum absolute atomic E-state index is 0.00153. The molecule has 0 bridgehead atoms. The molecule has 148 valence electrons. The van der Waals surface area contributed by atoms with Gasteiger partial charge in [-0.25, -0.2) is 0 Å². The SMILES string of the molecule is CCC(C)(C)c1ccc(OC(=O)[C@@H]2CC(=O)N([C@@H](C)c3ccccc3)C2)cc1. The summed E-state index contributed by atoms with van der Waals surface area (Å²) in [4.78, 5) is 26.8. The summed E-state index contributed by atoms with van der Waals surface area (Å²) >= 11 is 0. The second-order valence-corrected chi connectivity index (χ2v) is 8.22. The number of amides is 1. The maximum absolute atomic E-state index is 12.6. The van der Waals surface area contributed by atoms with Crippen LogP contribution in [0.5, 0.6) is 5.75 Å². The molecule has 0 N–H and O–H groups in total. The van der Waals surface area contributed by atoms with Crippen molar-refractivity contribution in [2.75, 3.05) is 6.54 Å². The number of hydrogen-bond acceptors (Lipinski definition) is 3. The molecule has 1 aliphatic rings. The number of rotatable bonds is 6. The zero-order chi connectivity index (χ0) is 20.3. The van der Waals surface area contributed by atoms with E-state index in [2.05, 4.69) is 20.8 Å². The van der Waals surface area contributed by atoms with Gasteiger partial charge in [-0.3, -0.25) is 9.59 Å². The van der Waals surface area contributed by atoms with Crippen LogP contribution in [-0.2, 0) is 15.0 Å². The Balaban J connectivity index is 1.63. The molecule has 0 aromatic heterocycles. The molecular weight excluding hydrogens is 350 g/mol. The van der Waals surface area contributed by atoms with E-state index in [0.29, 0.717) is 12.3 Å². The van der Waals surface area contributed by atoms with Crippen LogP contribution in [0.4, 0.5) is 0 Å². The lowest BCUT2D eigenvalue weighted by molar-refractivity contribution is -0.139. The van der Waals surface area contributed by atoms with Crippen LogP contribution in [0, 0.1) is 5.92 Å². The highest BCUT2D eigenvalue weighted by molar-refractivity contribution is 5.87. The third kappa shape index (κ3) is 4.27. The summed E-state index contributed by atoms with van der Waals surface area (Å²) in [5.74, 6) is -0.231. The predicted molar refractivity (Wildman–Crippen MR) is 110 cm³/mol. The highest BCUT2D eigenvalue weighted by Gasteiger charge is 2.38. The molecule has 4 heteroatoms. The third-order valence-electron chi connectivity index (χ3n) is 5.98. The first-order valence-electron chi connectivity index (χ1n) is 9.98. The topological polar surface area (TPSA) is 46.6 Å². The van der Waals surface area contributed by atoms with E-state index in [1.54, 1.807) is 4.90 Å². The first-order chi connectivity index (χ1) is 13.3. The number of likely N-dealkylation sites (tertiary alicyclic amines) is 1. The van der Waals surface area contributed by atoms with E-state index >= 15 is 0 Å². The summed E-state index contributed by atoms with van der Waals surface area (Å²) < 4.78 is 5.56. The zero-order valence-corrected chi connectivity index (χ0v) is 17.1. The number of carbonyl (C=O) groups is 2. The van der Waals surface area contributed by atoms with Gasteiger partial charge in [-0.05, 0) is 42.0 Å². The first-order valence-corrected chi connectivity index (χ1v) is 9.98. The maximum atomic E-state index is 12.6. The molecule has 1 aliphatic heterocycles. The van der Waals surface area contributed by atoms with Crippen LogP contribution in [0.2, 0.25) is 0 Å². The van der Waals surface area contributed by atoms with Gasteiger partial charge in [-0.1, -0.05) is 63.2 Å². The summed E-state index contributed by atoms with van der Waals surface area (Å²) in [5, 5.41) is 0. The fraction of sp³-hybridized carbons (Fsp3) is 0.417. The molecule has 28 heavy (non-hydrogen) atoms. The fourth-order valence-corrected chi connectivity index (χ4v) is 3.55. The average Bonchev–Trinajstić information content (AvgIpc) is 3.10. The van der Waals surface area contributed by atoms with Gasteiger partial charge in [-0.15, -0.1) is 0 Å². The van der Waals surface area contributed by atoms with Gasteiger partial charge in [0.1, 0.15) is 5.75 Å². The summed E-state index contributed by atoms with van der Waals surface area (Å²) in [6.07, 6.45) is 1.24. The van der Waals surface area contributed by atoms with E-state index < -0.39 is 5.92 Å². The summed E-state index contributed by atoms with van der Waals surface area (Å²) in [7, 11) is 0. The van der Waals surface area contributed by atoms with Gasteiger partial charge in [0.2, 0.25) is 5.91 Å². The molecular formula is C24H29NO3. The van der Waals surface area contributed by atoms with Crippen LogP contribution in [0.15, 0.2) is 54.6 Å². The van der Waals surface area contributed by atoms with Crippen molar-refractivity contribution in [1.29, 1.82) is 0 Å². The van der Waals surface area contributed by atoms with Gasteiger partial charge >= 0.3 is 5.97 Å². The van der Waals surface area contributed by atoms with Crippen LogP contribution in [0.25, 0.3) is 0 Å². The number of hydrogen-bond donors (Lipinski definition) is 0. The van der Waals surface area contributed by atoms with Crippen molar-refractivity contribution in [1.82, 2.24) is 4.90 Å². The minimum atomic E-state index is -0.426. The lowest BCUT2D eigenvalue weighted by Gasteiger charge is -2.25. The van der Waals surface area contributed by atoms with E-state index in [1.807, 2.05) is 61.5 Å². The number of carbonyl (C=O) groups excluding carboxylic acids is 2. The molecule has 0 saturated carbocycles. The van der Waals surface area contributed by atoms with E-state index in [9.17, 15) is 9.59 Å². The van der Waals surface area contributed by atoms with Crippen molar-refractivity contribution in [3.8, 4) is 5.75 Å². The Morgan fingerprint density at radius 1 is 1.14 bits per heavy atom. The van der Waals surface area contributed by atoms with Crippen LogP contribution in [0.1, 0.15) is 57.7 Å². The lowest BCUT2D eigenvalue weighted by Crippen LogP contribution is -2.30. The molecule has 2 aromatic carbocycles. The molecule has 1 heterocycles. The Hall–Kier alpha value is -2.62. The van der Waals surface area contributed by atoms with Crippen LogP contribution < -0.4 is 4.74 Å². The van der Waals surface area contributed by atoms with Crippen molar-refractivity contribution in [2.24, 2.45) is 5.92 Å². The molecule has 4 nitrogen and oxygen atoms in total. The highest BCUT2D eigenvalue weighted by Crippen LogP contribution is 2.31. The molecule has 0 spiro atoms. The van der Waals surface area contributed by atoms with E-state index in [0.717, 1.165) is 12.0 Å². The highest BCUT2D eigenvalue weighted by atomic mass is 16.5. The monoisotopic (exact) mass is 379 g/mol. The molecule has 3 rings (SSSR count). The van der Waals surface area contributed by atoms with E-state index in [4.69, 9.17) is 4.74 Å². The smallest absolute Gasteiger partial charge is 0.316 e. The first kappa shape index (κ1) is 20.1. The number of benzene rings is 2. The lowest BCUT2D eigenvalue weighted by atomic mass is 9.82. The molecule has 1 saturated heterocycles. The van der Waals surface area contributed by atoms with Crippen molar-refractivity contribution in [2.45, 2.75) is 52.0 Å². The molecule has 0 aliphatic carbocycles. The Bertz CT molecular complexity index is 827. The Morgan fingerprint density at radius 2 is 1.79 bits per heavy atom. The van der Waals surface area contributed by atoms with E-state index in [-0.39, 0.29) is 29.8 Å². The summed E-state index contributed by atoms with van der Waals surface area (Å²) in [6.45, 7) is 8.94. The third-order valence-corrected chi connectivity index (χ3v) is 5.98. The van der Waals surface area contributed by atoms with Gasteiger partial charge in [0.15, 0.2) is 0 Å². The Morgan fingerprint density at radius 3 is 2.39 bits per heavy atom. The zero-order valence-electron chi connectivity index (χ0n) is 17.1. The van der Waals surface area contributed by atoms with Gasteiger partial charge in [-0.2, -0.15) is 0 Å². The van der Waals surface area contributed by atoms with Gasteiger partial charge in [0, 0.05) is 13.0 Å². The summed E-state index contributed by atoms with van der Waals surface area (Å²) in [6, 6.07) is 17.5. The van der Waals surface area contributed by atoms with Crippen molar-refractivity contribution in [3.63, 3.8) is 0 Å². The Labute approximate surface area is 167 Å². The molecule has 1 fully saturated rings. The van der Waals surface area contributed by atoms with Gasteiger partial charge in [0.05, 0.1) is 12.0 Å². The van der Waals surface area contributed by atoms with Gasteiger partial charge < -0.3 is 9.64 Å². The second kappa shape index (κ2) is 8.17. The predicted octanol–water partition coefficient (Wildman–Crippen LogP) is 4.89. The molecule has 1 amide bonds. The van der Waals surface area contributed by atoms with Crippen molar-refractivity contribution < 1.29 is 14.3 Å². The van der Waals surface area contributed by atoms with Crippen molar-refractivity contribution in [3.05, 3.63) is 65.7 Å². The standard InChI is InChI=1S/C24H29NO3/c1-5-24(3,4)20-11-13-21(14-12-20)28-23(27)19-15-22(26)25(16-19)17(2)18-9-7-6-8-10-18/h6-14,17,19H,5,15-16H2,1-4H3/t17-,19+/m0/s1. The normalized spacial score (nSPS) is 18.2. The van der Waals surface area contributed by atoms with Crippen LogP contribution in [0.3, 0.4) is 0 Å². The van der Waals surface area contributed by atoms with Crippen LogP contribution >= 0.6 is 0 Å². The quantitative estimate of drug-likeness (QED) is 0.530. The fourth-order valence-electron chi connectivity index (χ4n) is 3.55. The molecule has 0 radical (unpaired) electrons. The van der Waals surface area contributed by atoms with Crippen LogP contribution in [-0.4, -0.2) is 23.3 Å². The average molecular weight is 380 g/mol. The molecule has 2 aromatic rings. The summed E-state index contributed by atoms with van der Waals surface area (Å²) in [5.41, 5.74) is 2.38. The largest absolute Gasteiger partial charge is 0.426 e. The van der Waals surface area contributed by atoms with E-state index in [1.165, 1.54) is 5.56 Å². The number of nitrogens with zero attached hydrogens (tertiary/aromatic N) is 1. The van der Waals surface area contributed by atoms with Crippen molar-refractivity contribution >= 4 is 11.9 Å². The number of ether oxygens (including phenoxy) is 1. The second-order valence-electron chi connectivity index (χ2n) is 8.22. The maximum Gasteiger partial charge on any atom is 0.316 e. The number of esters is 1.